The highest BCUT2D eigenvalue weighted by Crippen LogP contribution is 2.24. The number of thioether (sulfide) groups is 1. The Kier molecular flexibility index (Phi) is 5.73. The van der Waals surface area contributed by atoms with Crippen LogP contribution in [0.4, 0.5) is 0 Å². The summed E-state index contributed by atoms with van der Waals surface area (Å²) in [6.07, 6.45) is 3.34. The van der Waals surface area contributed by atoms with Crippen LogP contribution in [-0.4, -0.2) is 28.2 Å². The molecule has 0 aliphatic carbocycles. The van der Waals surface area contributed by atoms with E-state index in [0.717, 1.165) is 10.5 Å². The van der Waals surface area contributed by atoms with Gasteiger partial charge in [-0.25, -0.2) is 0 Å². The Hall–Kier alpha value is -2.37. The second-order valence-corrected chi connectivity index (χ2v) is 6.01. The van der Waals surface area contributed by atoms with Crippen molar-refractivity contribution in [1.82, 2.24) is 10.6 Å². The van der Waals surface area contributed by atoms with Crippen molar-refractivity contribution in [2.75, 3.05) is 5.75 Å². The number of rotatable bonds is 5. The van der Waals surface area contributed by atoms with Crippen molar-refractivity contribution in [3.05, 3.63) is 47.2 Å². The van der Waals surface area contributed by atoms with E-state index in [1.165, 1.54) is 11.8 Å². The zero-order valence-electron chi connectivity index (χ0n) is 11.8. The minimum absolute atomic E-state index is 0.0257. The van der Waals surface area contributed by atoms with Crippen LogP contribution < -0.4 is 10.6 Å². The van der Waals surface area contributed by atoms with Crippen LogP contribution in [0.3, 0.4) is 0 Å². The Morgan fingerprint density at radius 2 is 2.13 bits per heavy atom. The number of carboxylic acids is 1. The molecule has 1 heterocycles. The molecule has 0 saturated carbocycles. The Morgan fingerprint density at radius 3 is 2.83 bits per heavy atom. The monoisotopic (exact) mass is 347 g/mol. The van der Waals surface area contributed by atoms with Crippen molar-refractivity contribution in [1.29, 1.82) is 5.26 Å². The fraction of sp³-hybridized carbons (Fsp3) is 0.133. The number of hydrogen-bond acceptors (Lipinski definition) is 6. The number of nitrogens with one attached hydrogen (secondary N) is 2. The smallest absolute Gasteiger partial charge is 0.313 e. The quantitative estimate of drug-likeness (QED) is 0.476. The number of hydrogen-bond donors (Lipinski definition) is 4. The van der Waals surface area contributed by atoms with Gasteiger partial charge in [0.25, 0.3) is 5.91 Å². The number of carbonyl (C=O) groups is 2. The molecule has 2 rings (SSSR count). The van der Waals surface area contributed by atoms with Crippen LogP contribution in [0, 0.1) is 11.3 Å². The summed E-state index contributed by atoms with van der Waals surface area (Å²) < 4.78 is 0. The van der Waals surface area contributed by atoms with Crippen LogP contribution in [0.15, 0.2) is 46.5 Å². The van der Waals surface area contributed by atoms with Gasteiger partial charge in [-0.05, 0) is 17.7 Å². The summed E-state index contributed by atoms with van der Waals surface area (Å²) in [5.74, 6) is -1.43. The van der Waals surface area contributed by atoms with Crippen molar-refractivity contribution in [3.8, 4) is 6.07 Å². The van der Waals surface area contributed by atoms with Gasteiger partial charge in [-0.1, -0.05) is 24.3 Å². The van der Waals surface area contributed by atoms with Gasteiger partial charge in [-0.2, -0.15) is 5.26 Å². The van der Waals surface area contributed by atoms with E-state index in [0.29, 0.717) is 5.70 Å². The lowest BCUT2D eigenvalue weighted by atomic mass is 10.1. The highest BCUT2D eigenvalue weighted by atomic mass is 32.2. The standard InChI is InChI=1S/C15H13N3O3S2/c16-7-10-11(17-15(22)18-14(10)21)6-5-9-3-1-2-4-12(9)23-8-13(19)20/h1-6,15,17,22H,8H2,(H,18,21)(H,19,20)/b6-5+. The van der Waals surface area contributed by atoms with Crippen LogP contribution in [0.1, 0.15) is 5.56 Å². The van der Waals surface area contributed by atoms with Gasteiger partial charge in [0.05, 0.1) is 11.4 Å². The first kappa shape index (κ1) is 17.0. The lowest BCUT2D eigenvalue weighted by Crippen LogP contribution is -2.46. The SMILES string of the molecule is N#CC1=C(/C=C/c2ccccc2SCC(=O)O)NC(S)NC1=O. The molecule has 118 valence electrons. The predicted molar refractivity (Wildman–Crippen MR) is 90.5 cm³/mol. The second kappa shape index (κ2) is 7.76. The molecule has 0 spiro atoms. The largest absolute Gasteiger partial charge is 0.481 e. The topological polar surface area (TPSA) is 102 Å². The molecule has 0 aromatic heterocycles. The molecule has 1 atom stereocenters. The molecule has 6 nitrogen and oxygen atoms in total. The molecule has 1 unspecified atom stereocenters. The van der Waals surface area contributed by atoms with E-state index in [9.17, 15) is 9.59 Å². The molecule has 23 heavy (non-hydrogen) atoms. The number of allylic oxidation sites excluding steroid dienone is 1. The van der Waals surface area contributed by atoms with Gasteiger partial charge in [0.15, 0.2) is 0 Å². The Morgan fingerprint density at radius 1 is 1.39 bits per heavy atom. The van der Waals surface area contributed by atoms with E-state index in [2.05, 4.69) is 23.3 Å². The van der Waals surface area contributed by atoms with Crippen LogP contribution >= 0.6 is 24.4 Å². The van der Waals surface area contributed by atoms with Crippen LogP contribution in [0.5, 0.6) is 0 Å². The first-order valence-corrected chi connectivity index (χ1v) is 8.03. The molecule has 1 amide bonds. The molecule has 1 aliphatic heterocycles. The van der Waals surface area contributed by atoms with Crippen LogP contribution in [-0.2, 0) is 9.59 Å². The number of nitrogens with zero attached hydrogens (tertiary/aromatic N) is 1. The number of nitriles is 1. The van der Waals surface area contributed by atoms with E-state index in [4.69, 9.17) is 10.4 Å². The summed E-state index contributed by atoms with van der Waals surface area (Å²) >= 11 is 5.33. The summed E-state index contributed by atoms with van der Waals surface area (Å²) in [6.45, 7) is 0. The molecule has 0 saturated heterocycles. The summed E-state index contributed by atoms with van der Waals surface area (Å²) in [5.41, 5.74) is 0.569. The van der Waals surface area contributed by atoms with Gasteiger partial charge in [-0.15, -0.1) is 24.4 Å². The second-order valence-electron chi connectivity index (χ2n) is 4.47. The summed E-state index contributed by atoms with van der Waals surface area (Å²) in [4.78, 5) is 23.2. The first-order chi connectivity index (χ1) is 11.0. The van der Waals surface area contributed by atoms with Gasteiger partial charge < -0.3 is 15.7 Å². The number of thiol groups is 1. The normalized spacial score (nSPS) is 17.6. The van der Waals surface area contributed by atoms with E-state index in [1.807, 2.05) is 30.3 Å². The highest BCUT2D eigenvalue weighted by molar-refractivity contribution is 8.00. The number of aliphatic carboxylic acids is 1. The third-order valence-electron chi connectivity index (χ3n) is 2.87. The predicted octanol–water partition coefficient (Wildman–Crippen LogP) is 1.59. The molecule has 0 radical (unpaired) electrons. The maximum absolute atomic E-state index is 11.7. The highest BCUT2D eigenvalue weighted by Gasteiger charge is 2.22. The summed E-state index contributed by atoms with van der Waals surface area (Å²) in [5, 5.41) is 23.2. The van der Waals surface area contributed by atoms with Gasteiger partial charge in [0, 0.05) is 4.90 Å². The molecule has 8 heteroatoms. The average molecular weight is 347 g/mol. The molecule has 1 aromatic rings. The van der Waals surface area contributed by atoms with Crippen molar-refractivity contribution in [3.63, 3.8) is 0 Å². The number of carboxylic acid groups (broad SMARTS) is 1. The minimum Gasteiger partial charge on any atom is -0.481 e. The van der Waals surface area contributed by atoms with Crippen molar-refractivity contribution >= 4 is 42.3 Å². The maximum atomic E-state index is 11.7. The Balaban J connectivity index is 2.27. The summed E-state index contributed by atoms with van der Waals surface area (Å²) in [6, 6.07) is 9.14. The lowest BCUT2D eigenvalue weighted by Gasteiger charge is -2.22. The molecular formula is C15H13N3O3S2. The Bertz CT molecular complexity index is 738. The number of carbonyl (C=O) groups excluding carboxylic acids is 1. The minimum atomic E-state index is -0.896. The molecular weight excluding hydrogens is 334 g/mol. The average Bonchev–Trinajstić information content (AvgIpc) is 2.51. The fourth-order valence-electron chi connectivity index (χ4n) is 1.88. The first-order valence-electron chi connectivity index (χ1n) is 6.53. The van der Waals surface area contributed by atoms with Gasteiger partial charge in [-0.3, -0.25) is 9.59 Å². The van der Waals surface area contributed by atoms with Crippen molar-refractivity contribution in [2.24, 2.45) is 0 Å². The van der Waals surface area contributed by atoms with Gasteiger partial charge in [0.2, 0.25) is 0 Å². The van der Waals surface area contributed by atoms with Crippen LogP contribution in [0.25, 0.3) is 6.08 Å². The summed E-state index contributed by atoms with van der Waals surface area (Å²) in [7, 11) is 0. The molecule has 0 bridgehead atoms. The van der Waals surface area contributed by atoms with Crippen molar-refractivity contribution in [2.45, 2.75) is 10.4 Å². The van der Waals surface area contributed by atoms with Gasteiger partial charge >= 0.3 is 5.97 Å². The molecule has 1 aliphatic rings. The molecule has 0 fully saturated rings. The van der Waals surface area contributed by atoms with E-state index >= 15 is 0 Å². The van der Waals surface area contributed by atoms with E-state index < -0.39 is 17.4 Å². The lowest BCUT2D eigenvalue weighted by molar-refractivity contribution is -0.133. The van der Waals surface area contributed by atoms with Gasteiger partial charge in [0.1, 0.15) is 17.1 Å². The molecule has 1 aromatic carbocycles. The fourth-order valence-corrected chi connectivity index (χ4v) is 2.89. The number of benzene rings is 1. The zero-order valence-corrected chi connectivity index (χ0v) is 13.5. The van der Waals surface area contributed by atoms with Crippen LogP contribution in [0.2, 0.25) is 0 Å². The molecule has 3 N–H and O–H groups in total. The zero-order chi connectivity index (χ0) is 16.8. The Labute approximate surface area is 142 Å². The maximum Gasteiger partial charge on any atom is 0.313 e. The third kappa shape index (κ3) is 4.55. The third-order valence-corrected chi connectivity index (χ3v) is 4.20. The van der Waals surface area contributed by atoms with E-state index in [-0.39, 0.29) is 11.3 Å². The van der Waals surface area contributed by atoms with E-state index in [1.54, 1.807) is 12.2 Å². The number of amides is 1. The van der Waals surface area contributed by atoms with Crippen molar-refractivity contribution < 1.29 is 14.7 Å².